The molecule has 2 aromatic heterocycles. The number of furan rings is 1. The number of aromatic nitrogens is 1. The van der Waals surface area contributed by atoms with E-state index in [0.29, 0.717) is 11.5 Å². The number of nitrogens with zero attached hydrogens (tertiary/aromatic N) is 2. The maximum atomic E-state index is 11.8. The number of carbonyl (C=O) groups excluding carboxylic acids is 1. The zero-order chi connectivity index (χ0) is 16.2. The van der Waals surface area contributed by atoms with Crippen LogP contribution < -0.4 is 5.32 Å². The normalized spacial score (nSPS) is 10.4. The largest absolute Gasteiger partial charge is 0.433 e. The zero-order valence-corrected chi connectivity index (χ0v) is 11.8. The summed E-state index contributed by atoms with van der Waals surface area (Å²) in [5.41, 5.74) is 1.40. The summed E-state index contributed by atoms with van der Waals surface area (Å²) in [6.45, 7) is 0.115. The molecule has 0 radical (unpaired) electrons. The van der Waals surface area contributed by atoms with Gasteiger partial charge in [0, 0.05) is 11.6 Å². The van der Waals surface area contributed by atoms with E-state index in [1.165, 1.54) is 6.07 Å². The molecular weight excluding hydrogens is 302 g/mol. The number of rotatable bonds is 5. The van der Waals surface area contributed by atoms with Crippen LogP contribution >= 0.6 is 0 Å². The van der Waals surface area contributed by atoms with E-state index in [1.807, 2.05) is 30.3 Å². The minimum Gasteiger partial charge on any atom is -0.395 e. The van der Waals surface area contributed by atoms with Crippen molar-refractivity contribution in [3.63, 3.8) is 0 Å². The highest BCUT2D eigenvalue weighted by Crippen LogP contribution is 2.20. The quantitative estimate of drug-likeness (QED) is 0.572. The van der Waals surface area contributed by atoms with Crippen LogP contribution in [0.3, 0.4) is 0 Å². The van der Waals surface area contributed by atoms with Gasteiger partial charge in [-0.15, -0.1) is 0 Å². The van der Waals surface area contributed by atoms with E-state index in [1.54, 1.807) is 6.07 Å². The predicted molar refractivity (Wildman–Crippen MR) is 78.5 cm³/mol. The number of nitro groups is 1. The first-order valence-electron chi connectivity index (χ1n) is 6.67. The van der Waals surface area contributed by atoms with Gasteiger partial charge in [0.15, 0.2) is 11.5 Å². The minimum absolute atomic E-state index is 0.115. The van der Waals surface area contributed by atoms with Gasteiger partial charge in [-0.3, -0.25) is 14.9 Å². The van der Waals surface area contributed by atoms with Crippen molar-refractivity contribution in [3.05, 3.63) is 70.1 Å². The van der Waals surface area contributed by atoms with Gasteiger partial charge in [0.25, 0.3) is 5.91 Å². The highest BCUT2D eigenvalue weighted by molar-refractivity contribution is 5.91. The number of hydrogen-bond donors (Lipinski definition) is 1. The molecule has 1 aromatic carbocycles. The van der Waals surface area contributed by atoms with Gasteiger partial charge in [-0.1, -0.05) is 35.5 Å². The molecule has 2 heterocycles. The van der Waals surface area contributed by atoms with Gasteiger partial charge in [0.05, 0.1) is 12.6 Å². The second-order valence-corrected chi connectivity index (χ2v) is 4.63. The smallest absolute Gasteiger partial charge is 0.395 e. The number of nitrogens with one attached hydrogen (secondary N) is 1. The maximum Gasteiger partial charge on any atom is 0.433 e. The van der Waals surface area contributed by atoms with Crippen LogP contribution in [0.5, 0.6) is 0 Å². The molecule has 0 aliphatic carbocycles. The highest BCUT2D eigenvalue weighted by atomic mass is 16.6. The van der Waals surface area contributed by atoms with Crippen molar-refractivity contribution < 1.29 is 18.7 Å². The maximum absolute atomic E-state index is 11.8. The molecule has 1 amide bonds. The van der Waals surface area contributed by atoms with E-state index in [4.69, 9.17) is 8.94 Å². The van der Waals surface area contributed by atoms with Crippen LogP contribution in [0.15, 0.2) is 57.5 Å². The Morgan fingerprint density at radius 3 is 2.70 bits per heavy atom. The fourth-order valence-electron chi connectivity index (χ4n) is 1.94. The third-order valence-electron chi connectivity index (χ3n) is 3.04. The van der Waals surface area contributed by atoms with E-state index in [9.17, 15) is 14.9 Å². The number of carbonyl (C=O) groups is 1. The van der Waals surface area contributed by atoms with Gasteiger partial charge >= 0.3 is 5.88 Å². The third-order valence-corrected chi connectivity index (χ3v) is 3.04. The molecule has 23 heavy (non-hydrogen) atoms. The van der Waals surface area contributed by atoms with E-state index in [0.717, 1.165) is 11.6 Å². The molecule has 0 unspecified atom stereocenters. The first-order valence-corrected chi connectivity index (χ1v) is 6.67. The second-order valence-electron chi connectivity index (χ2n) is 4.63. The Morgan fingerprint density at radius 1 is 1.22 bits per heavy atom. The van der Waals surface area contributed by atoms with Crippen LogP contribution in [0.1, 0.15) is 16.2 Å². The summed E-state index contributed by atoms with van der Waals surface area (Å²) in [5.74, 6) is -0.600. The lowest BCUT2D eigenvalue weighted by molar-refractivity contribution is -0.402. The molecule has 0 fully saturated rings. The molecule has 0 aliphatic heterocycles. The minimum atomic E-state index is -0.708. The Bertz CT molecular complexity index is 838. The van der Waals surface area contributed by atoms with Crippen LogP contribution in [0, 0.1) is 10.1 Å². The van der Waals surface area contributed by atoms with Gasteiger partial charge in [-0.25, -0.2) is 0 Å². The van der Waals surface area contributed by atoms with Crippen molar-refractivity contribution in [2.75, 3.05) is 0 Å². The summed E-state index contributed by atoms with van der Waals surface area (Å²) in [6.07, 6.45) is 0. The van der Waals surface area contributed by atoms with Crippen LogP contribution in [-0.4, -0.2) is 16.0 Å². The molecule has 0 bridgehead atoms. The van der Waals surface area contributed by atoms with Gasteiger partial charge < -0.3 is 14.3 Å². The summed E-state index contributed by atoms with van der Waals surface area (Å²) in [4.78, 5) is 21.6. The molecule has 3 rings (SSSR count). The standard InChI is InChI=1S/C15H11N3O5/c19-15(12-6-7-14(22-12)18(20)21)16-9-11-8-13(23-17-11)10-4-2-1-3-5-10/h1-8H,9H2,(H,16,19). The molecule has 1 N–H and O–H groups in total. The van der Waals surface area contributed by atoms with Crippen molar-refractivity contribution in [3.8, 4) is 11.3 Å². The van der Waals surface area contributed by atoms with Gasteiger partial charge in [0.2, 0.25) is 0 Å². The lowest BCUT2D eigenvalue weighted by Gasteiger charge is -1.98. The Morgan fingerprint density at radius 2 is 2.00 bits per heavy atom. The first kappa shape index (κ1) is 14.5. The van der Waals surface area contributed by atoms with Gasteiger partial charge in [-0.2, -0.15) is 0 Å². The first-order chi connectivity index (χ1) is 11.1. The summed E-state index contributed by atoms with van der Waals surface area (Å²) in [7, 11) is 0. The SMILES string of the molecule is O=C(NCc1cc(-c2ccccc2)on1)c1ccc([N+](=O)[O-])o1. The molecular formula is C15H11N3O5. The zero-order valence-electron chi connectivity index (χ0n) is 11.8. The molecule has 0 atom stereocenters. The fraction of sp³-hybridized carbons (Fsp3) is 0.0667. The average molecular weight is 313 g/mol. The Hall–Kier alpha value is -3.42. The van der Waals surface area contributed by atoms with Gasteiger partial charge in [0.1, 0.15) is 10.6 Å². The Labute approximate surface area is 129 Å². The fourth-order valence-corrected chi connectivity index (χ4v) is 1.94. The Balaban J connectivity index is 1.63. The van der Waals surface area contributed by atoms with Crippen molar-refractivity contribution in [2.24, 2.45) is 0 Å². The number of benzene rings is 1. The Kier molecular flexibility index (Phi) is 3.88. The lowest BCUT2D eigenvalue weighted by Crippen LogP contribution is -2.22. The average Bonchev–Trinajstić information content (AvgIpc) is 3.23. The monoisotopic (exact) mass is 313 g/mol. The molecule has 116 valence electrons. The van der Waals surface area contributed by atoms with E-state index >= 15 is 0 Å². The van der Waals surface area contributed by atoms with E-state index in [-0.39, 0.29) is 12.3 Å². The summed E-state index contributed by atoms with van der Waals surface area (Å²) in [6, 6.07) is 13.5. The molecule has 8 nitrogen and oxygen atoms in total. The van der Waals surface area contributed by atoms with Crippen LogP contribution in [-0.2, 0) is 6.54 Å². The van der Waals surface area contributed by atoms with Crippen molar-refractivity contribution in [2.45, 2.75) is 6.54 Å². The third kappa shape index (κ3) is 3.26. The van der Waals surface area contributed by atoms with Crippen molar-refractivity contribution in [1.82, 2.24) is 10.5 Å². The van der Waals surface area contributed by atoms with Crippen LogP contribution in [0.2, 0.25) is 0 Å². The van der Waals surface area contributed by atoms with Crippen LogP contribution in [0.25, 0.3) is 11.3 Å². The van der Waals surface area contributed by atoms with Gasteiger partial charge in [-0.05, 0) is 6.07 Å². The van der Waals surface area contributed by atoms with Crippen molar-refractivity contribution >= 4 is 11.8 Å². The molecule has 0 saturated heterocycles. The second kappa shape index (κ2) is 6.14. The lowest BCUT2D eigenvalue weighted by atomic mass is 10.2. The summed E-state index contributed by atoms with van der Waals surface area (Å²) in [5, 5.41) is 16.9. The molecule has 3 aromatic rings. The molecule has 0 spiro atoms. The predicted octanol–water partition coefficient (Wildman–Crippen LogP) is 2.77. The molecule has 0 aliphatic rings. The number of amides is 1. The van der Waals surface area contributed by atoms with E-state index in [2.05, 4.69) is 10.5 Å². The number of hydrogen-bond acceptors (Lipinski definition) is 6. The molecule has 0 saturated carbocycles. The van der Waals surface area contributed by atoms with Crippen molar-refractivity contribution in [1.29, 1.82) is 0 Å². The van der Waals surface area contributed by atoms with Crippen LogP contribution in [0.4, 0.5) is 5.88 Å². The van der Waals surface area contributed by atoms with E-state index < -0.39 is 16.7 Å². The highest BCUT2D eigenvalue weighted by Gasteiger charge is 2.17. The molecule has 8 heteroatoms. The summed E-state index contributed by atoms with van der Waals surface area (Å²) < 4.78 is 10.0. The topological polar surface area (TPSA) is 111 Å². The summed E-state index contributed by atoms with van der Waals surface area (Å²) >= 11 is 0.